The number of carbonyl (C=O) groups is 1. The maximum absolute atomic E-state index is 14.8. The number of hydrogen-bond donors (Lipinski definition) is 2. The van der Waals surface area contributed by atoms with E-state index < -0.39 is 42.3 Å². The molecule has 10 heteroatoms. The molecule has 4 atom stereocenters. The standard InChI is InChI=1S/C31H30FN3O6/c32-20-31(21-39-18-22-10-4-1-5-11-22)27(40-19-23-12-6-2-7-13-23)26(36)29(41-31)35-17-16-25(34-30(35)38)33-28(37)24-14-8-3-9-15-24/h1-17,26-27,29,36H,18-21H2,(H,33,34,37,38)/t26-,27+,29-,31-/m1/s1. The Morgan fingerprint density at radius 1 is 0.951 bits per heavy atom. The first-order valence-corrected chi connectivity index (χ1v) is 13.1. The van der Waals surface area contributed by atoms with Crippen LogP contribution in [0.2, 0.25) is 0 Å². The Labute approximate surface area is 236 Å². The van der Waals surface area contributed by atoms with E-state index in [0.717, 1.165) is 15.7 Å². The van der Waals surface area contributed by atoms with E-state index in [9.17, 15) is 19.1 Å². The number of aliphatic hydroxyl groups excluding tert-OH is 1. The van der Waals surface area contributed by atoms with Crippen molar-refractivity contribution in [2.45, 2.75) is 37.3 Å². The van der Waals surface area contributed by atoms with Crippen molar-refractivity contribution in [2.24, 2.45) is 0 Å². The van der Waals surface area contributed by atoms with E-state index in [1.54, 1.807) is 30.3 Å². The van der Waals surface area contributed by atoms with Crippen molar-refractivity contribution in [2.75, 3.05) is 18.6 Å². The van der Waals surface area contributed by atoms with E-state index in [4.69, 9.17) is 14.2 Å². The van der Waals surface area contributed by atoms with Crippen molar-refractivity contribution in [1.82, 2.24) is 9.55 Å². The minimum Gasteiger partial charge on any atom is -0.386 e. The first-order valence-electron chi connectivity index (χ1n) is 13.1. The van der Waals surface area contributed by atoms with Gasteiger partial charge in [-0.1, -0.05) is 78.9 Å². The van der Waals surface area contributed by atoms with Crippen LogP contribution in [0.1, 0.15) is 27.7 Å². The average molecular weight is 560 g/mol. The molecule has 0 saturated carbocycles. The van der Waals surface area contributed by atoms with Gasteiger partial charge in [0.15, 0.2) is 11.8 Å². The fourth-order valence-corrected chi connectivity index (χ4v) is 4.70. The molecule has 41 heavy (non-hydrogen) atoms. The van der Waals surface area contributed by atoms with Crippen LogP contribution in [0.4, 0.5) is 10.2 Å². The van der Waals surface area contributed by atoms with E-state index in [0.29, 0.717) is 5.56 Å². The first-order chi connectivity index (χ1) is 20.0. The van der Waals surface area contributed by atoms with E-state index in [2.05, 4.69) is 10.3 Å². The lowest BCUT2D eigenvalue weighted by Crippen LogP contribution is -2.50. The second kappa shape index (κ2) is 13.0. The molecule has 2 N–H and O–H groups in total. The van der Waals surface area contributed by atoms with Crippen LogP contribution >= 0.6 is 0 Å². The number of amides is 1. The molecule has 0 spiro atoms. The molecule has 1 fully saturated rings. The zero-order chi connectivity index (χ0) is 28.7. The molecular weight excluding hydrogens is 529 g/mol. The molecule has 0 radical (unpaired) electrons. The van der Waals surface area contributed by atoms with Crippen LogP contribution in [0.3, 0.4) is 0 Å². The molecule has 212 valence electrons. The van der Waals surface area contributed by atoms with Crippen LogP contribution in [-0.2, 0) is 27.4 Å². The largest absolute Gasteiger partial charge is 0.386 e. The summed E-state index contributed by atoms with van der Waals surface area (Å²) in [5, 5.41) is 13.9. The maximum Gasteiger partial charge on any atom is 0.351 e. The molecule has 1 saturated heterocycles. The van der Waals surface area contributed by atoms with Gasteiger partial charge in [0, 0.05) is 11.8 Å². The number of benzene rings is 3. The molecule has 0 aliphatic carbocycles. The number of alkyl halides is 1. The van der Waals surface area contributed by atoms with Crippen LogP contribution < -0.4 is 11.0 Å². The number of nitrogens with zero attached hydrogens (tertiary/aromatic N) is 2. The Kier molecular flexibility index (Phi) is 8.95. The maximum atomic E-state index is 14.8. The number of ether oxygens (including phenoxy) is 3. The van der Waals surface area contributed by atoms with Gasteiger partial charge in [-0.3, -0.25) is 9.36 Å². The molecule has 2 heterocycles. The third-order valence-corrected chi connectivity index (χ3v) is 6.81. The number of rotatable bonds is 11. The Hall–Kier alpha value is -4.22. The molecule has 4 aromatic rings. The second-order valence-electron chi connectivity index (χ2n) is 9.72. The van der Waals surface area contributed by atoms with Crippen molar-refractivity contribution < 1.29 is 28.5 Å². The lowest BCUT2D eigenvalue weighted by atomic mass is 9.97. The van der Waals surface area contributed by atoms with Gasteiger partial charge in [0.05, 0.1) is 19.8 Å². The van der Waals surface area contributed by atoms with Crippen LogP contribution in [0.25, 0.3) is 0 Å². The van der Waals surface area contributed by atoms with Crippen molar-refractivity contribution in [3.63, 3.8) is 0 Å². The molecule has 5 rings (SSSR count). The summed E-state index contributed by atoms with van der Waals surface area (Å²) in [6, 6.07) is 28.5. The summed E-state index contributed by atoms with van der Waals surface area (Å²) in [5.74, 6) is -0.416. The molecule has 1 aromatic heterocycles. The SMILES string of the molecule is O=C(Nc1ccn([C@@H]2O[C@](CF)(COCc3ccccc3)[C@@H](OCc3ccccc3)[C@H]2O)c(=O)n1)c1ccccc1. The zero-order valence-corrected chi connectivity index (χ0v) is 22.1. The van der Waals surface area contributed by atoms with E-state index in [1.807, 2.05) is 60.7 Å². The molecule has 0 unspecified atom stereocenters. The van der Waals surface area contributed by atoms with E-state index >= 15 is 0 Å². The molecule has 0 bridgehead atoms. The highest BCUT2D eigenvalue weighted by Crippen LogP contribution is 2.40. The zero-order valence-electron chi connectivity index (χ0n) is 22.1. The lowest BCUT2D eigenvalue weighted by Gasteiger charge is -2.31. The van der Waals surface area contributed by atoms with Crippen LogP contribution in [0.15, 0.2) is 108 Å². The van der Waals surface area contributed by atoms with Crippen LogP contribution in [-0.4, -0.2) is 51.7 Å². The fraction of sp³-hybridized carbons (Fsp3) is 0.258. The Balaban J connectivity index is 1.36. The smallest absolute Gasteiger partial charge is 0.351 e. The summed E-state index contributed by atoms with van der Waals surface area (Å²) in [4.78, 5) is 29.4. The van der Waals surface area contributed by atoms with Gasteiger partial charge in [0.25, 0.3) is 5.91 Å². The molecule has 9 nitrogen and oxygen atoms in total. The molecular formula is C31H30FN3O6. The third-order valence-electron chi connectivity index (χ3n) is 6.81. The quantitative estimate of drug-likeness (QED) is 0.287. The molecule has 1 aliphatic rings. The minimum absolute atomic E-state index is 0.0208. The number of halogens is 1. The summed E-state index contributed by atoms with van der Waals surface area (Å²) in [5.41, 5.74) is -0.408. The summed E-state index contributed by atoms with van der Waals surface area (Å²) in [6.45, 7) is -1.01. The number of hydrogen-bond acceptors (Lipinski definition) is 7. The van der Waals surface area contributed by atoms with Crippen LogP contribution in [0.5, 0.6) is 0 Å². The third kappa shape index (κ3) is 6.58. The predicted octanol–water partition coefficient (Wildman–Crippen LogP) is 3.90. The summed E-state index contributed by atoms with van der Waals surface area (Å²) >= 11 is 0. The van der Waals surface area contributed by atoms with E-state index in [-0.39, 0.29) is 25.6 Å². The topological polar surface area (TPSA) is 112 Å². The summed E-state index contributed by atoms with van der Waals surface area (Å²) in [7, 11) is 0. The Morgan fingerprint density at radius 2 is 1.56 bits per heavy atom. The average Bonchev–Trinajstić information content (AvgIpc) is 3.28. The lowest BCUT2D eigenvalue weighted by molar-refractivity contribution is -0.165. The van der Waals surface area contributed by atoms with Crippen LogP contribution in [0, 0.1) is 0 Å². The molecule has 1 aliphatic heterocycles. The van der Waals surface area contributed by atoms with Gasteiger partial charge in [-0.25, -0.2) is 9.18 Å². The summed E-state index contributed by atoms with van der Waals surface area (Å²) in [6.07, 6.45) is -2.58. The Bertz CT molecular complexity index is 1490. The van der Waals surface area contributed by atoms with Gasteiger partial charge in [0.1, 0.15) is 24.7 Å². The number of carbonyl (C=O) groups excluding carboxylic acids is 1. The highest BCUT2D eigenvalue weighted by atomic mass is 19.1. The predicted molar refractivity (Wildman–Crippen MR) is 149 cm³/mol. The number of aromatic nitrogens is 2. The van der Waals surface area contributed by atoms with Crippen molar-refractivity contribution in [3.05, 3.63) is 130 Å². The number of nitrogens with one attached hydrogen (secondary N) is 1. The van der Waals surface area contributed by atoms with Crippen molar-refractivity contribution in [1.29, 1.82) is 0 Å². The van der Waals surface area contributed by atoms with Crippen molar-refractivity contribution >= 4 is 11.7 Å². The Morgan fingerprint density at radius 3 is 2.17 bits per heavy atom. The van der Waals surface area contributed by atoms with Gasteiger partial charge in [-0.05, 0) is 29.3 Å². The highest BCUT2D eigenvalue weighted by molar-refractivity contribution is 6.03. The van der Waals surface area contributed by atoms with Gasteiger partial charge in [-0.2, -0.15) is 4.98 Å². The highest BCUT2D eigenvalue weighted by Gasteiger charge is 2.57. The number of aliphatic hydroxyl groups is 1. The van der Waals surface area contributed by atoms with Gasteiger partial charge >= 0.3 is 5.69 Å². The van der Waals surface area contributed by atoms with Crippen molar-refractivity contribution in [3.8, 4) is 0 Å². The number of anilines is 1. The monoisotopic (exact) mass is 559 g/mol. The molecule has 1 amide bonds. The van der Waals surface area contributed by atoms with Gasteiger partial charge in [0.2, 0.25) is 0 Å². The van der Waals surface area contributed by atoms with Gasteiger partial charge in [-0.15, -0.1) is 0 Å². The minimum atomic E-state index is -1.70. The normalized spacial score (nSPS) is 22.0. The van der Waals surface area contributed by atoms with E-state index in [1.165, 1.54) is 12.3 Å². The summed E-state index contributed by atoms with van der Waals surface area (Å²) < 4.78 is 33.8. The van der Waals surface area contributed by atoms with Gasteiger partial charge < -0.3 is 24.6 Å². The molecule has 3 aromatic carbocycles. The first kappa shape index (κ1) is 28.3. The second-order valence-corrected chi connectivity index (χ2v) is 9.72. The fourth-order valence-electron chi connectivity index (χ4n) is 4.70.